The number of methoxy groups -OCH3 is 1. The van der Waals surface area contributed by atoms with E-state index in [0.29, 0.717) is 22.0 Å². The van der Waals surface area contributed by atoms with E-state index in [1.165, 1.54) is 40.2 Å². The third-order valence-corrected chi connectivity index (χ3v) is 8.01. The molecule has 1 aliphatic carbocycles. The van der Waals surface area contributed by atoms with Gasteiger partial charge in [-0.3, -0.25) is 4.79 Å². The Morgan fingerprint density at radius 3 is 2.66 bits per heavy atom. The molecule has 168 valence electrons. The van der Waals surface area contributed by atoms with Crippen LogP contribution in [0.15, 0.2) is 23.6 Å². The number of esters is 1. The molecule has 3 aromatic rings. The Labute approximate surface area is 196 Å². The zero-order valence-electron chi connectivity index (χ0n) is 18.8. The topological polar surface area (TPSA) is 64.6 Å². The van der Waals surface area contributed by atoms with Crippen molar-refractivity contribution in [2.75, 3.05) is 12.4 Å². The number of carbonyl (C=O) groups excluding carboxylic acids is 2. The number of hydrogen-bond donors (Lipinski definition) is 1. The molecule has 5 nitrogen and oxygen atoms in total. The number of hydrogen-bond acceptors (Lipinski definition) is 6. The molecule has 0 radical (unpaired) electrons. The maximum Gasteiger partial charge on any atom is 0.341 e. The summed E-state index contributed by atoms with van der Waals surface area (Å²) < 4.78 is 11.0. The van der Waals surface area contributed by atoms with Crippen molar-refractivity contribution in [1.29, 1.82) is 0 Å². The molecule has 1 N–H and O–H groups in total. The molecule has 4 rings (SSSR count). The third kappa shape index (κ3) is 4.59. The molecule has 0 spiro atoms. The van der Waals surface area contributed by atoms with E-state index >= 15 is 0 Å². The van der Waals surface area contributed by atoms with Crippen LogP contribution in [-0.4, -0.2) is 19.0 Å². The van der Waals surface area contributed by atoms with Crippen LogP contribution in [0.3, 0.4) is 0 Å². The molecular weight excluding hydrogens is 442 g/mol. The van der Waals surface area contributed by atoms with Gasteiger partial charge in [0.15, 0.2) is 0 Å². The number of aryl methyl sites for hydroxylation is 3. The highest BCUT2D eigenvalue weighted by Gasteiger charge is 2.27. The minimum Gasteiger partial charge on any atom is -0.489 e. The van der Waals surface area contributed by atoms with Crippen molar-refractivity contribution >= 4 is 39.6 Å². The van der Waals surface area contributed by atoms with Crippen molar-refractivity contribution in [3.8, 4) is 5.75 Å². The van der Waals surface area contributed by atoms with Gasteiger partial charge >= 0.3 is 5.97 Å². The van der Waals surface area contributed by atoms with E-state index in [1.807, 2.05) is 17.5 Å². The molecule has 0 aliphatic heterocycles. The molecule has 0 atom stereocenters. The minimum atomic E-state index is -0.385. The van der Waals surface area contributed by atoms with Gasteiger partial charge in [0, 0.05) is 10.4 Å². The van der Waals surface area contributed by atoms with Crippen molar-refractivity contribution in [3.63, 3.8) is 0 Å². The molecule has 1 aliphatic rings. The van der Waals surface area contributed by atoms with Crippen molar-refractivity contribution < 1.29 is 19.1 Å². The highest BCUT2D eigenvalue weighted by atomic mass is 32.1. The summed E-state index contributed by atoms with van der Waals surface area (Å²) in [5.74, 6) is 0.267. The van der Waals surface area contributed by atoms with Gasteiger partial charge in [0.25, 0.3) is 5.91 Å². The molecular formula is C25H27NO4S2. The van der Waals surface area contributed by atoms with Crippen molar-refractivity contribution in [1.82, 2.24) is 0 Å². The van der Waals surface area contributed by atoms with Gasteiger partial charge in [-0.15, -0.1) is 22.7 Å². The van der Waals surface area contributed by atoms with Gasteiger partial charge in [0.05, 0.1) is 17.6 Å². The van der Waals surface area contributed by atoms with Gasteiger partial charge in [0.1, 0.15) is 17.4 Å². The Bertz CT molecular complexity index is 1180. The standard InChI is InChI=1S/C25H27NO4S2/c1-14-9-15(2)16(3)19(10-14)30-12-17-11-21(31-13-17)23(27)26-24-22(25(28)29-4)18-7-5-6-8-20(18)32-24/h9-11,13H,5-8,12H2,1-4H3,(H,26,27). The highest BCUT2D eigenvalue weighted by Crippen LogP contribution is 2.39. The van der Waals surface area contributed by atoms with E-state index in [1.54, 1.807) is 0 Å². The summed E-state index contributed by atoms with van der Waals surface area (Å²) >= 11 is 2.87. The molecule has 0 bridgehead atoms. The maximum absolute atomic E-state index is 12.9. The van der Waals surface area contributed by atoms with E-state index in [4.69, 9.17) is 9.47 Å². The fraction of sp³-hybridized carbons (Fsp3) is 0.360. The van der Waals surface area contributed by atoms with Crippen LogP contribution >= 0.6 is 22.7 Å². The number of carbonyl (C=O) groups is 2. The van der Waals surface area contributed by atoms with Gasteiger partial charge in [0.2, 0.25) is 0 Å². The van der Waals surface area contributed by atoms with Crippen LogP contribution in [0.4, 0.5) is 5.00 Å². The van der Waals surface area contributed by atoms with Crippen LogP contribution in [0.25, 0.3) is 0 Å². The number of anilines is 1. The second-order valence-electron chi connectivity index (χ2n) is 8.17. The lowest BCUT2D eigenvalue weighted by atomic mass is 9.95. The lowest BCUT2D eigenvalue weighted by molar-refractivity contribution is 0.0601. The molecule has 1 amide bonds. The first-order chi connectivity index (χ1) is 15.4. The van der Waals surface area contributed by atoms with Crippen LogP contribution in [0.1, 0.15) is 65.6 Å². The summed E-state index contributed by atoms with van der Waals surface area (Å²) in [5.41, 5.74) is 5.98. The second kappa shape index (κ2) is 9.46. The number of thiophene rings is 2. The fourth-order valence-corrected chi connectivity index (χ4v) is 6.08. The van der Waals surface area contributed by atoms with Gasteiger partial charge in [-0.25, -0.2) is 4.79 Å². The maximum atomic E-state index is 12.9. The van der Waals surface area contributed by atoms with Crippen LogP contribution in [0.2, 0.25) is 0 Å². The Balaban J connectivity index is 1.48. The van der Waals surface area contributed by atoms with Gasteiger partial charge in [-0.2, -0.15) is 0 Å². The van der Waals surface area contributed by atoms with Gasteiger partial charge in [-0.1, -0.05) is 6.07 Å². The van der Waals surface area contributed by atoms with Crippen molar-refractivity contribution in [2.24, 2.45) is 0 Å². The van der Waals surface area contributed by atoms with E-state index in [9.17, 15) is 9.59 Å². The second-order valence-corrected chi connectivity index (χ2v) is 10.2. The van der Waals surface area contributed by atoms with Crippen LogP contribution in [0, 0.1) is 20.8 Å². The third-order valence-electron chi connectivity index (χ3n) is 5.82. The minimum absolute atomic E-state index is 0.215. The lowest BCUT2D eigenvalue weighted by Crippen LogP contribution is -2.14. The summed E-state index contributed by atoms with van der Waals surface area (Å²) in [6.07, 6.45) is 3.95. The van der Waals surface area contributed by atoms with Crippen molar-refractivity contribution in [3.05, 3.63) is 66.7 Å². The predicted molar refractivity (Wildman–Crippen MR) is 130 cm³/mol. The number of nitrogens with one attached hydrogen (secondary N) is 1. The molecule has 7 heteroatoms. The van der Waals surface area contributed by atoms with Crippen LogP contribution < -0.4 is 10.1 Å². The highest BCUT2D eigenvalue weighted by molar-refractivity contribution is 7.17. The Morgan fingerprint density at radius 1 is 1.09 bits per heavy atom. The molecule has 0 saturated carbocycles. The van der Waals surface area contributed by atoms with E-state index in [0.717, 1.165) is 53.7 Å². The van der Waals surface area contributed by atoms with Crippen molar-refractivity contribution in [2.45, 2.75) is 53.1 Å². The normalized spacial score (nSPS) is 12.9. The average molecular weight is 470 g/mol. The number of amides is 1. The summed E-state index contributed by atoms with van der Waals surface area (Å²) in [6, 6.07) is 6.03. The zero-order valence-corrected chi connectivity index (χ0v) is 20.4. The van der Waals surface area contributed by atoms with E-state index in [-0.39, 0.29) is 11.9 Å². The molecule has 0 saturated heterocycles. The number of fused-ring (bicyclic) bond motifs is 1. The van der Waals surface area contributed by atoms with Gasteiger partial charge < -0.3 is 14.8 Å². The monoisotopic (exact) mass is 469 g/mol. The largest absolute Gasteiger partial charge is 0.489 e. The molecule has 2 heterocycles. The van der Waals surface area contributed by atoms with E-state index < -0.39 is 0 Å². The first kappa shape index (κ1) is 22.6. The number of ether oxygens (including phenoxy) is 2. The van der Waals surface area contributed by atoms with Crippen LogP contribution in [-0.2, 0) is 24.2 Å². The quantitative estimate of drug-likeness (QED) is 0.435. The first-order valence-corrected chi connectivity index (χ1v) is 12.4. The Hall–Kier alpha value is -2.64. The summed E-state index contributed by atoms with van der Waals surface area (Å²) in [5, 5.41) is 5.49. The zero-order chi connectivity index (χ0) is 22.8. The fourth-order valence-electron chi connectivity index (χ4n) is 4.02. The number of benzene rings is 1. The molecule has 2 aromatic heterocycles. The van der Waals surface area contributed by atoms with Gasteiger partial charge in [-0.05, 0) is 86.2 Å². The summed E-state index contributed by atoms with van der Waals surface area (Å²) in [6.45, 7) is 6.58. The van der Waals surface area contributed by atoms with Crippen LogP contribution in [0.5, 0.6) is 5.75 Å². The predicted octanol–water partition coefficient (Wildman–Crippen LogP) is 6.23. The smallest absolute Gasteiger partial charge is 0.341 e. The first-order valence-electron chi connectivity index (χ1n) is 10.7. The Kier molecular flexibility index (Phi) is 6.67. The molecule has 0 unspecified atom stereocenters. The molecule has 32 heavy (non-hydrogen) atoms. The van der Waals surface area contributed by atoms with E-state index in [2.05, 4.69) is 32.2 Å². The summed E-state index contributed by atoms with van der Waals surface area (Å²) in [4.78, 5) is 27.1. The Morgan fingerprint density at radius 2 is 1.88 bits per heavy atom. The lowest BCUT2D eigenvalue weighted by Gasteiger charge is -2.12. The number of rotatable bonds is 6. The SMILES string of the molecule is COC(=O)c1c(NC(=O)c2cc(COc3cc(C)cc(C)c3C)cs2)sc2c1CCCC2. The molecule has 0 fully saturated rings. The average Bonchev–Trinajstić information content (AvgIpc) is 3.39. The molecule has 1 aromatic carbocycles. The summed E-state index contributed by atoms with van der Waals surface area (Å²) in [7, 11) is 1.38.